The fraction of sp³-hybridized carbons (Fsp3) is 0.562. The normalized spacial score (nSPS) is 25.4. The first-order valence-corrected chi connectivity index (χ1v) is 7.79. The third-order valence-corrected chi connectivity index (χ3v) is 4.25. The van der Waals surface area contributed by atoms with Gasteiger partial charge in [0.1, 0.15) is 0 Å². The summed E-state index contributed by atoms with van der Waals surface area (Å²) in [7, 11) is 0. The van der Waals surface area contributed by atoms with Gasteiger partial charge in [0.15, 0.2) is 0 Å². The molecule has 0 unspecified atom stereocenters. The van der Waals surface area contributed by atoms with Crippen molar-refractivity contribution in [1.29, 1.82) is 0 Å². The Bertz CT molecular complexity index is 467. The van der Waals surface area contributed by atoms with Crippen LogP contribution in [0.5, 0.6) is 0 Å². The summed E-state index contributed by atoms with van der Waals surface area (Å²) in [6.45, 7) is 2.70. The summed E-state index contributed by atoms with van der Waals surface area (Å²) < 4.78 is 5.04. The number of benzene rings is 1. The molecule has 0 radical (unpaired) electrons. The Labute approximate surface area is 130 Å². The lowest BCUT2D eigenvalue weighted by Gasteiger charge is -2.35. The van der Waals surface area contributed by atoms with Gasteiger partial charge < -0.3 is 15.2 Å². The molecule has 0 saturated heterocycles. The van der Waals surface area contributed by atoms with E-state index in [2.05, 4.69) is 5.32 Å². The second kappa shape index (κ2) is 7.14. The van der Waals surface area contributed by atoms with E-state index in [0.717, 1.165) is 5.69 Å². The first-order chi connectivity index (χ1) is 10.0. The number of hydrogen-bond acceptors (Lipinski definition) is 4. The van der Waals surface area contributed by atoms with Gasteiger partial charge >= 0.3 is 5.97 Å². The van der Waals surface area contributed by atoms with Crippen molar-refractivity contribution in [3.63, 3.8) is 0 Å². The van der Waals surface area contributed by atoms with Crippen LogP contribution < -0.4 is 5.32 Å². The van der Waals surface area contributed by atoms with Crippen LogP contribution >= 0.6 is 11.6 Å². The van der Waals surface area contributed by atoms with Gasteiger partial charge in [0, 0.05) is 17.3 Å². The van der Waals surface area contributed by atoms with E-state index in [9.17, 15) is 9.90 Å². The van der Waals surface area contributed by atoms with Crippen molar-refractivity contribution in [2.75, 3.05) is 18.5 Å². The van der Waals surface area contributed by atoms with Crippen LogP contribution in [0.2, 0.25) is 5.02 Å². The van der Waals surface area contributed by atoms with Crippen molar-refractivity contribution < 1.29 is 14.6 Å². The third-order valence-electron chi connectivity index (χ3n) is 4.00. The molecule has 2 rings (SSSR count). The van der Waals surface area contributed by atoms with Gasteiger partial charge in [-0.05, 0) is 56.9 Å². The minimum absolute atomic E-state index is 0.0687. The molecule has 0 aliphatic heterocycles. The van der Waals surface area contributed by atoms with E-state index in [1.165, 1.54) is 0 Å². The molecule has 0 heterocycles. The molecule has 1 aliphatic carbocycles. The van der Waals surface area contributed by atoms with Gasteiger partial charge in [-0.25, -0.2) is 0 Å². The maximum absolute atomic E-state index is 11.7. The first-order valence-electron chi connectivity index (χ1n) is 7.41. The molecular weight excluding hydrogens is 290 g/mol. The van der Waals surface area contributed by atoms with E-state index in [4.69, 9.17) is 16.3 Å². The Morgan fingerprint density at radius 1 is 1.38 bits per heavy atom. The highest BCUT2D eigenvalue weighted by Gasteiger charge is 2.36. The molecule has 0 spiro atoms. The molecule has 21 heavy (non-hydrogen) atoms. The van der Waals surface area contributed by atoms with Gasteiger partial charge in [0.25, 0.3) is 0 Å². The topological polar surface area (TPSA) is 58.6 Å². The van der Waals surface area contributed by atoms with E-state index < -0.39 is 5.60 Å². The lowest BCUT2D eigenvalue weighted by molar-refractivity contribution is -0.150. The van der Waals surface area contributed by atoms with Gasteiger partial charge in [-0.2, -0.15) is 0 Å². The van der Waals surface area contributed by atoms with Gasteiger partial charge in [-0.3, -0.25) is 4.79 Å². The number of carbonyl (C=O) groups is 1. The number of anilines is 1. The fourth-order valence-corrected chi connectivity index (χ4v) is 2.79. The lowest BCUT2D eigenvalue weighted by Crippen LogP contribution is -2.42. The largest absolute Gasteiger partial charge is 0.466 e. The molecule has 1 fully saturated rings. The van der Waals surface area contributed by atoms with Crippen LogP contribution in [-0.2, 0) is 9.53 Å². The Kier molecular flexibility index (Phi) is 5.48. The Morgan fingerprint density at radius 2 is 2.00 bits per heavy atom. The first kappa shape index (κ1) is 16.1. The molecular formula is C16H22ClNO3. The predicted octanol–water partition coefficient (Wildman–Crippen LogP) is 3.24. The molecule has 1 aromatic rings. The second-order valence-electron chi connectivity index (χ2n) is 5.61. The zero-order valence-electron chi connectivity index (χ0n) is 12.3. The number of hydrogen-bond donors (Lipinski definition) is 2. The summed E-state index contributed by atoms with van der Waals surface area (Å²) in [5.74, 6) is -0.203. The van der Waals surface area contributed by atoms with Crippen molar-refractivity contribution in [1.82, 2.24) is 0 Å². The number of carbonyl (C=O) groups excluding carboxylic acids is 1. The molecule has 2 N–H and O–H groups in total. The van der Waals surface area contributed by atoms with Crippen molar-refractivity contribution in [2.45, 2.75) is 38.2 Å². The number of halogens is 1. The maximum Gasteiger partial charge on any atom is 0.308 e. The molecule has 1 saturated carbocycles. The Balaban J connectivity index is 1.82. The molecule has 1 aromatic carbocycles. The average Bonchev–Trinajstić information content (AvgIpc) is 2.48. The number of esters is 1. The molecule has 0 bridgehead atoms. The second-order valence-corrected chi connectivity index (χ2v) is 6.05. The van der Waals surface area contributed by atoms with Crippen LogP contribution in [0.1, 0.15) is 32.6 Å². The number of ether oxygens (including phenoxy) is 1. The SMILES string of the molecule is CCOC(=O)C1CCC(O)(CNc2ccc(Cl)cc2)CC1. The van der Waals surface area contributed by atoms with Crippen LogP contribution in [0.3, 0.4) is 0 Å². The maximum atomic E-state index is 11.7. The molecule has 0 atom stereocenters. The zero-order valence-corrected chi connectivity index (χ0v) is 13.0. The minimum atomic E-state index is -0.761. The quantitative estimate of drug-likeness (QED) is 0.820. The summed E-state index contributed by atoms with van der Waals surface area (Å²) in [6.07, 6.45) is 2.57. The average molecular weight is 312 g/mol. The van der Waals surface area contributed by atoms with E-state index in [1.54, 1.807) is 0 Å². The number of rotatable bonds is 5. The minimum Gasteiger partial charge on any atom is -0.466 e. The van der Waals surface area contributed by atoms with Gasteiger partial charge in [-0.15, -0.1) is 0 Å². The third kappa shape index (κ3) is 4.61. The van der Waals surface area contributed by atoms with Crippen LogP contribution in [0, 0.1) is 5.92 Å². The van der Waals surface area contributed by atoms with Crippen molar-refractivity contribution >= 4 is 23.3 Å². The monoisotopic (exact) mass is 311 g/mol. The van der Waals surface area contributed by atoms with Crippen LogP contribution in [-0.4, -0.2) is 29.8 Å². The van der Waals surface area contributed by atoms with Crippen LogP contribution in [0.4, 0.5) is 5.69 Å². The predicted molar refractivity (Wildman–Crippen MR) is 83.5 cm³/mol. The van der Waals surface area contributed by atoms with Gasteiger partial charge in [-0.1, -0.05) is 11.6 Å². The highest BCUT2D eigenvalue weighted by atomic mass is 35.5. The standard InChI is InChI=1S/C16H22ClNO3/c1-2-21-15(19)12-7-9-16(20,10-8-12)11-18-14-5-3-13(17)4-6-14/h3-6,12,18,20H,2,7-11H2,1H3. The summed E-state index contributed by atoms with van der Waals surface area (Å²) in [4.78, 5) is 11.7. The highest BCUT2D eigenvalue weighted by Crippen LogP contribution is 2.33. The highest BCUT2D eigenvalue weighted by molar-refractivity contribution is 6.30. The lowest BCUT2D eigenvalue weighted by atomic mass is 9.78. The van der Waals surface area contributed by atoms with E-state index >= 15 is 0 Å². The molecule has 0 aromatic heterocycles. The van der Waals surface area contributed by atoms with Crippen molar-refractivity contribution in [3.05, 3.63) is 29.3 Å². The molecule has 5 heteroatoms. The number of aliphatic hydroxyl groups is 1. The Morgan fingerprint density at radius 3 is 2.57 bits per heavy atom. The van der Waals surface area contributed by atoms with Crippen molar-refractivity contribution in [3.8, 4) is 0 Å². The summed E-state index contributed by atoms with van der Waals surface area (Å²) in [6, 6.07) is 7.39. The fourth-order valence-electron chi connectivity index (χ4n) is 2.66. The molecule has 1 aliphatic rings. The molecule has 0 amide bonds. The van der Waals surface area contributed by atoms with Gasteiger partial charge in [0.05, 0.1) is 18.1 Å². The molecule has 4 nitrogen and oxygen atoms in total. The van der Waals surface area contributed by atoms with Crippen LogP contribution in [0.25, 0.3) is 0 Å². The van der Waals surface area contributed by atoms with E-state index in [-0.39, 0.29) is 11.9 Å². The summed E-state index contributed by atoms with van der Waals surface area (Å²) in [5.41, 5.74) is 0.170. The van der Waals surface area contributed by atoms with E-state index in [0.29, 0.717) is 43.9 Å². The summed E-state index contributed by atoms with van der Waals surface area (Å²) in [5, 5.41) is 14.5. The Hall–Kier alpha value is -1.26. The van der Waals surface area contributed by atoms with Crippen molar-refractivity contribution in [2.24, 2.45) is 5.92 Å². The smallest absolute Gasteiger partial charge is 0.308 e. The van der Waals surface area contributed by atoms with E-state index in [1.807, 2.05) is 31.2 Å². The zero-order chi connectivity index (χ0) is 15.3. The summed E-state index contributed by atoms with van der Waals surface area (Å²) >= 11 is 5.84. The van der Waals surface area contributed by atoms with Gasteiger partial charge in [0.2, 0.25) is 0 Å². The number of nitrogens with one attached hydrogen (secondary N) is 1. The van der Waals surface area contributed by atoms with Crippen LogP contribution in [0.15, 0.2) is 24.3 Å². The molecule has 116 valence electrons.